The Bertz CT molecular complexity index is 700. The van der Waals surface area contributed by atoms with Crippen molar-refractivity contribution < 1.29 is 14.3 Å². The van der Waals surface area contributed by atoms with Crippen LogP contribution in [0.15, 0.2) is 18.2 Å². The predicted octanol–water partition coefficient (Wildman–Crippen LogP) is 0.685. The van der Waals surface area contributed by atoms with Gasteiger partial charge in [0.25, 0.3) is 0 Å². The van der Waals surface area contributed by atoms with Crippen LogP contribution in [0.2, 0.25) is 0 Å². The number of carbonyl (C=O) groups excluding carboxylic acids is 1. The van der Waals surface area contributed by atoms with Crippen molar-refractivity contribution in [1.82, 2.24) is 14.8 Å². The van der Waals surface area contributed by atoms with Gasteiger partial charge in [0.2, 0.25) is 0 Å². The number of hydrogen-bond acceptors (Lipinski definition) is 7. The second-order valence-corrected chi connectivity index (χ2v) is 6.89. The summed E-state index contributed by atoms with van der Waals surface area (Å²) in [6.07, 6.45) is 0.597. The van der Waals surface area contributed by atoms with Crippen LogP contribution < -0.4 is 4.90 Å². The largest absolute Gasteiger partial charge is 0.442 e. The van der Waals surface area contributed by atoms with Gasteiger partial charge in [0.1, 0.15) is 23.7 Å². The minimum absolute atomic E-state index is 0.0553. The number of anilines is 1. The second kappa shape index (κ2) is 7.48. The van der Waals surface area contributed by atoms with Gasteiger partial charge >= 0.3 is 6.09 Å². The Hall–Kier alpha value is -2.37. The number of nitriles is 1. The quantitative estimate of drug-likeness (QED) is 0.766. The third-order valence-corrected chi connectivity index (χ3v) is 5.27. The van der Waals surface area contributed by atoms with Crippen molar-refractivity contribution in [1.29, 1.82) is 5.26 Å². The zero-order chi connectivity index (χ0) is 17.9. The van der Waals surface area contributed by atoms with Crippen LogP contribution in [-0.2, 0) is 9.47 Å². The van der Waals surface area contributed by atoms with Crippen molar-refractivity contribution >= 4 is 11.9 Å². The van der Waals surface area contributed by atoms with E-state index in [9.17, 15) is 4.79 Å². The Kier molecular flexibility index (Phi) is 4.91. The van der Waals surface area contributed by atoms with Gasteiger partial charge in [0.15, 0.2) is 0 Å². The maximum absolute atomic E-state index is 12.2. The summed E-state index contributed by atoms with van der Waals surface area (Å²) in [4.78, 5) is 22.9. The van der Waals surface area contributed by atoms with Crippen LogP contribution in [0.5, 0.6) is 0 Å². The standard InChI is InChI=1S/C18H23N5O3/c19-11-14-3-1-4-17(20-14)22-12-15-16(13-22)26-18(24)23(15)6-2-5-21-7-9-25-10-8-21/h1,3-4,15-16H,2,5-10,12-13H2/t15-,16+/m1/s1. The lowest BCUT2D eigenvalue weighted by Gasteiger charge is -2.28. The molecule has 8 heteroatoms. The van der Waals surface area contributed by atoms with E-state index in [1.165, 1.54) is 0 Å². The fourth-order valence-corrected chi connectivity index (χ4v) is 3.90. The van der Waals surface area contributed by atoms with E-state index in [1.807, 2.05) is 17.0 Å². The van der Waals surface area contributed by atoms with E-state index in [0.29, 0.717) is 25.3 Å². The van der Waals surface area contributed by atoms with Crippen LogP contribution in [0.4, 0.5) is 10.6 Å². The topological polar surface area (TPSA) is 81.9 Å². The molecule has 4 rings (SSSR count). The molecule has 0 radical (unpaired) electrons. The van der Waals surface area contributed by atoms with E-state index in [2.05, 4.69) is 20.9 Å². The molecule has 0 aromatic carbocycles. The van der Waals surface area contributed by atoms with Gasteiger partial charge in [0, 0.05) is 32.7 Å². The van der Waals surface area contributed by atoms with Crippen molar-refractivity contribution in [3.63, 3.8) is 0 Å². The minimum atomic E-state index is -0.208. The number of ether oxygens (including phenoxy) is 2. The Balaban J connectivity index is 1.34. The first-order valence-corrected chi connectivity index (χ1v) is 9.14. The lowest BCUT2D eigenvalue weighted by atomic mass is 10.2. The summed E-state index contributed by atoms with van der Waals surface area (Å²) in [5.41, 5.74) is 0.402. The first-order valence-electron chi connectivity index (χ1n) is 9.14. The first-order chi connectivity index (χ1) is 12.7. The van der Waals surface area contributed by atoms with Gasteiger partial charge < -0.3 is 14.4 Å². The highest BCUT2D eigenvalue weighted by Gasteiger charge is 2.47. The minimum Gasteiger partial charge on any atom is -0.442 e. The van der Waals surface area contributed by atoms with E-state index in [-0.39, 0.29) is 18.2 Å². The second-order valence-electron chi connectivity index (χ2n) is 6.89. The summed E-state index contributed by atoms with van der Waals surface area (Å²) in [7, 11) is 0. The number of fused-ring (bicyclic) bond motifs is 1. The van der Waals surface area contributed by atoms with E-state index in [4.69, 9.17) is 14.7 Å². The van der Waals surface area contributed by atoms with Crippen LogP contribution in [0, 0.1) is 11.3 Å². The van der Waals surface area contributed by atoms with Crippen LogP contribution in [0.1, 0.15) is 12.1 Å². The molecule has 0 bridgehead atoms. The molecule has 8 nitrogen and oxygen atoms in total. The Morgan fingerprint density at radius 1 is 1.23 bits per heavy atom. The molecule has 0 N–H and O–H groups in total. The number of pyridine rings is 1. The molecule has 3 aliphatic rings. The van der Waals surface area contributed by atoms with Crippen molar-refractivity contribution in [3.05, 3.63) is 23.9 Å². The molecule has 138 valence electrons. The number of amides is 1. The molecule has 1 aromatic rings. The summed E-state index contributed by atoms with van der Waals surface area (Å²) in [6.45, 7) is 6.50. The summed E-state index contributed by atoms with van der Waals surface area (Å²) in [5.74, 6) is 0.766. The van der Waals surface area contributed by atoms with Gasteiger partial charge in [-0.3, -0.25) is 9.80 Å². The molecular weight excluding hydrogens is 334 g/mol. The highest BCUT2D eigenvalue weighted by Crippen LogP contribution is 2.29. The van der Waals surface area contributed by atoms with Crippen molar-refractivity contribution in [3.8, 4) is 6.07 Å². The predicted molar refractivity (Wildman–Crippen MR) is 93.8 cm³/mol. The van der Waals surface area contributed by atoms with E-state index in [0.717, 1.165) is 45.1 Å². The third-order valence-electron chi connectivity index (χ3n) is 5.27. The summed E-state index contributed by atoms with van der Waals surface area (Å²) in [5, 5.41) is 9.03. The number of hydrogen-bond donors (Lipinski definition) is 0. The molecule has 0 aliphatic carbocycles. The summed E-state index contributed by atoms with van der Waals surface area (Å²) < 4.78 is 10.9. The fourth-order valence-electron chi connectivity index (χ4n) is 3.90. The van der Waals surface area contributed by atoms with Crippen LogP contribution in [-0.4, -0.2) is 85.5 Å². The molecule has 3 saturated heterocycles. The maximum atomic E-state index is 12.2. The van der Waals surface area contributed by atoms with Gasteiger partial charge in [-0.25, -0.2) is 9.78 Å². The number of carbonyl (C=O) groups is 1. The molecule has 1 amide bonds. The number of morpholine rings is 1. The van der Waals surface area contributed by atoms with Crippen LogP contribution >= 0.6 is 0 Å². The van der Waals surface area contributed by atoms with Gasteiger partial charge in [-0.2, -0.15) is 5.26 Å². The van der Waals surface area contributed by atoms with Crippen LogP contribution in [0.3, 0.4) is 0 Å². The average molecular weight is 357 g/mol. The van der Waals surface area contributed by atoms with Crippen molar-refractivity contribution in [2.45, 2.75) is 18.6 Å². The SMILES string of the molecule is N#Cc1cccc(N2C[C@@H]3OC(=O)N(CCCN4CCOCC4)[C@@H]3C2)n1. The van der Waals surface area contributed by atoms with Gasteiger partial charge in [-0.1, -0.05) is 6.07 Å². The zero-order valence-electron chi connectivity index (χ0n) is 14.7. The molecule has 1 aromatic heterocycles. The lowest BCUT2D eigenvalue weighted by molar-refractivity contribution is 0.0363. The van der Waals surface area contributed by atoms with E-state index in [1.54, 1.807) is 6.07 Å². The molecule has 3 fully saturated rings. The number of rotatable bonds is 5. The molecule has 4 heterocycles. The number of nitrogens with zero attached hydrogens (tertiary/aromatic N) is 5. The van der Waals surface area contributed by atoms with Crippen LogP contribution in [0.25, 0.3) is 0 Å². The Labute approximate surface area is 152 Å². The molecule has 3 aliphatic heterocycles. The van der Waals surface area contributed by atoms with Crippen molar-refractivity contribution in [2.24, 2.45) is 0 Å². The maximum Gasteiger partial charge on any atom is 0.410 e. The first kappa shape index (κ1) is 17.1. The van der Waals surface area contributed by atoms with Gasteiger partial charge in [-0.05, 0) is 18.6 Å². The fraction of sp³-hybridized carbons (Fsp3) is 0.611. The lowest BCUT2D eigenvalue weighted by Crippen LogP contribution is -2.41. The smallest absolute Gasteiger partial charge is 0.410 e. The van der Waals surface area contributed by atoms with E-state index < -0.39 is 0 Å². The molecule has 0 unspecified atom stereocenters. The Morgan fingerprint density at radius 3 is 2.88 bits per heavy atom. The van der Waals surface area contributed by atoms with Gasteiger partial charge in [0.05, 0.1) is 25.8 Å². The molecular formula is C18H23N5O3. The summed E-state index contributed by atoms with van der Waals surface area (Å²) >= 11 is 0. The van der Waals surface area contributed by atoms with Crippen molar-refractivity contribution in [2.75, 3.05) is 57.4 Å². The molecule has 0 saturated carbocycles. The monoisotopic (exact) mass is 357 g/mol. The van der Waals surface area contributed by atoms with Gasteiger partial charge in [-0.15, -0.1) is 0 Å². The third kappa shape index (κ3) is 3.45. The Morgan fingerprint density at radius 2 is 2.08 bits per heavy atom. The normalized spacial score (nSPS) is 25.9. The molecule has 0 spiro atoms. The molecule has 26 heavy (non-hydrogen) atoms. The zero-order valence-corrected chi connectivity index (χ0v) is 14.7. The average Bonchev–Trinajstić information content (AvgIpc) is 3.21. The molecule has 2 atom stereocenters. The van der Waals surface area contributed by atoms with E-state index >= 15 is 0 Å². The highest BCUT2D eigenvalue weighted by molar-refractivity contribution is 5.71. The summed E-state index contributed by atoms with van der Waals surface area (Å²) in [6, 6.07) is 7.55. The number of aromatic nitrogens is 1. The highest BCUT2D eigenvalue weighted by atomic mass is 16.6.